The van der Waals surface area contributed by atoms with Gasteiger partial charge in [0.05, 0.1) is 10.8 Å². The van der Waals surface area contributed by atoms with E-state index >= 15 is 0 Å². The van der Waals surface area contributed by atoms with Gasteiger partial charge in [-0.05, 0) is 31.7 Å². The van der Waals surface area contributed by atoms with E-state index in [-0.39, 0.29) is 35.5 Å². The van der Waals surface area contributed by atoms with Gasteiger partial charge in [0.2, 0.25) is 0 Å². The van der Waals surface area contributed by atoms with Gasteiger partial charge in [-0.15, -0.1) is 0 Å². The van der Waals surface area contributed by atoms with Crippen LogP contribution in [0.25, 0.3) is 0 Å². The van der Waals surface area contributed by atoms with E-state index in [4.69, 9.17) is 5.11 Å². The molecule has 0 spiro atoms. The number of nitrogens with one attached hydrogen (secondary N) is 1. The van der Waals surface area contributed by atoms with Crippen molar-refractivity contribution < 1.29 is 28.3 Å². The van der Waals surface area contributed by atoms with E-state index in [0.29, 0.717) is 25.7 Å². The molecule has 0 atom stereocenters. The molecule has 1 aromatic carbocycles. The molecular formula is C15H18F2N2O5. The Kier molecular flexibility index (Phi) is 6.02. The fraction of sp³-hybridized carbons (Fsp3) is 0.533. The molecule has 0 bridgehead atoms. The lowest BCUT2D eigenvalue weighted by Gasteiger charge is -2.27. The molecule has 9 heteroatoms. The molecule has 1 aliphatic carbocycles. The highest BCUT2D eigenvalue weighted by atomic mass is 19.3. The Balaban J connectivity index is 2.01. The second-order valence-electron chi connectivity index (χ2n) is 5.70. The summed E-state index contributed by atoms with van der Waals surface area (Å²) in [6.07, 6.45) is 2.39. The zero-order valence-corrected chi connectivity index (χ0v) is 12.8. The predicted octanol–water partition coefficient (Wildman–Crippen LogP) is 2.93. The van der Waals surface area contributed by atoms with Crippen LogP contribution in [0.2, 0.25) is 0 Å². The largest absolute Gasteiger partial charge is 0.481 e. The highest BCUT2D eigenvalue weighted by molar-refractivity contribution is 5.70. The van der Waals surface area contributed by atoms with Crippen molar-refractivity contribution in [1.82, 2.24) is 5.32 Å². The maximum Gasteiger partial charge on any atom is 0.387 e. The van der Waals surface area contributed by atoms with E-state index in [1.54, 1.807) is 0 Å². The second kappa shape index (κ2) is 8.00. The van der Waals surface area contributed by atoms with Crippen LogP contribution in [0.15, 0.2) is 18.2 Å². The molecule has 0 heterocycles. The molecule has 0 aromatic heterocycles. The summed E-state index contributed by atoms with van der Waals surface area (Å²) < 4.78 is 29.3. The van der Waals surface area contributed by atoms with Crippen LogP contribution in [0.4, 0.5) is 14.5 Å². The fourth-order valence-corrected chi connectivity index (χ4v) is 2.83. The molecule has 1 saturated carbocycles. The first-order valence-corrected chi connectivity index (χ1v) is 7.55. The van der Waals surface area contributed by atoms with Crippen molar-refractivity contribution in [2.75, 3.05) is 0 Å². The Bertz CT molecular complexity index is 604. The first-order valence-electron chi connectivity index (χ1n) is 7.55. The third-order valence-corrected chi connectivity index (χ3v) is 4.13. The van der Waals surface area contributed by atoms with Gasteiger partial charge in [0.25, 0.3) is 5.69 Å². The van der Waals surface area contributed by atoms with Gasteiger partial charge in [0.15, 0.2) is 0 Å². The van der Waals surface area contributed by atoms with E-state index in [1.807, 2.05) is 0 Å². The topological polar surface area (TPSA) is 102 Å². The standard InChI is InChI=1S/C15H18F2N2O5/c16-15(17)24-13-6-5-12(19(22)23)7-10(13)8-18-11-3-1-9(2-4-11)14(20)21/h5-7,9,11,15,18H,1-4,8H2,(H,20,21). The minimum absolute atomic E-state index is 0.0410. The van der Waals surface area contributed by atoms with Gasteiger partial charge in [-0.25, -0.2) is 0 Å². The lowest BCUT2D eigenvalue weighted by molar-refractivity contribution is -0.385. The highest BCUT2D eigenvalue weighted by Gasteiger charge is 2.26. The summed E-state index contributed by atoms with van der Waals surface area (Å²) in [6.45, 7) is -2.89. The Labute approximate surface area is 136 Å². The number of carbonyl (C=O) groups is 1. The maximum atomic E-state index is 12.4. The van der Waals surface area contributed by atoms with Crippen molar-refractivity contribution >= 4 is 11.7 Å². The van der Waals surface area contributed by atoms with Crippen LogP contribution in [0.5, 0.6) is 5.75 Å². The number of hydrogen-bond donors (Lipinski definition) is 2. The monoisotopic (exact) mass is 344 g/mol. The van der Waals surface area contributed by atoms with E-state index in [9.17, 15) is 23.7 Å². The second-order valence-corrected chi connectivity index (χ2v) is 5.70. The molecule has 0 saturated heterocycles. The molecule has 1 aromatic rings. The van der Waals surface area contributed by atoms with Crippen LogP contribution in [0.1, 0.15) is 31.2 Å². The lowest BCUT2D eigenvalue weighted by Crippen LogP contribution is -2.34. The Morgan fingerprint density at radius 1 is 1.38 bits per heavy atom. The van der Waals surface area contributed by atoms with Crippen LogP contribution in [0, 0.1) is 16.0 Å². The zero-order chi connectivity index (χ0) is 17.7. The van der Waals surface area contributed by atoms with Crippen molar-refractivity contribution in [3.05, 3.63) is 33.9 Å². The Morgan fingerprint density at radius 2 is 2.04 bits per heavy atom. The van der Waals surface area contributed by atoms with Crippen LogP contribution >= 0.6 is 0 Å². The number of benzene rings is 1. The quantitative estimate of drug-likeness (QED) is 0.582. The highest BCUT2D eigenvalue weighted by Crippen LogP contribution is 2.28. The van der Waals surface area contributed by atoms with Crippen molar-refractivity contribution in [2.45, 2.75) is 44.9 Å². The Morgan fingerprint density at radius 3 is 2.58 bits per heavy atom. The normalized spacial score (nSPS) is 20.8. The van der Waals surface area contributed by atoms with Crippen molar-refractivity contribution in [1.29, 1.82) is 0 Å². The number of ether oxygens (including phenoxy) is 1. The van der Waals surface area contributed by atoms with Crippen LogP contribution in [-0.4, -0.2) is 28.7 Å². The molecule has 1 fully saturated rings. The number of nitro benzene ring substituents is 1. The minimum atomic E-state index is -3.02. The summed E-state index contributed by atoms with van der Waals surface area (Å²) in [6, 6.07) is 3.51. The number of carboxylic acids is 1. The van der Waals surface area contributed by atoms with E-state index in [0.717, 1.165) is 12.1 Å². The summed E-state index contributed by atoms with van der Waals surface area (Å²) in [5.41, 5.74) is 0.0628. The number of alkyl halides is 2. The third-order valence-electron chi connectivity index (χ3n) is 4.13. The van der Waals surface area contributed by atoms with Gasteiger partial charge in [-0.1, -0.05) is 0 Å². The summed E-state index contributed by atoms with van der Waals surface area (Å²) >= 11 is 0. The summed E-state index contributed by atoms with van der Waals surface area (Å²) in [5, 5.41) is 22.9. The molecule has 0 amide bonds. The predicted molar refractivity (Wildman–Crippen MR) is 79.9 cm³/mol. The van der Waals surface area contributed by atoms with Gasteiger partial charge in [0.1, 0.15) is 5.75 Å². The van der Waals surface area contributed by atoms with Crippen LogP contribution in [-0.2, 0) is 11.3 Å². The molecule has 0 radical (unpaired) electrons. The molecular weight excluding hydrogens is 326 g/mol. The van der Waals surface area contributed by atoms with Crippen molar-refractivity contribution in [3.8, 4) is 5.75 Å². The lowest BCUT2D eigenvalue weighted by atomic mass is 9.86. The first kappa shape index (κ1) is 18.1. The molecule has 24 heavy (non-hydrogen) atoms. The molecule has 0 aliphatic heterocycles. The molecule has 1 aliphatic rings. The summed E-state index contributed by atoms with van der Waals surface area (Å²) in [5.74, 6) is -1.26. The first-order chi connectivity index (χ1) is 11.4. The van der Waals surface area contributed by atoms with E-state index in [1.165, 1.54) is 6.07 Å². The summed E-state index contributed by atoms with van der Waals surface area (Å²) in [7, 11) is 0. The number of hydrogen-bond acceptors (Lipinski definition) is 5. The molecule has 2 N–H and O–H groups in total. The van der Waals surface area contributed by atoms with E-state index in [2.05, 4.69) is 10.1 Å². The number of aliphatic carboxylic acids is 1. The minimum Gasteiger partial charge on any atom is -0.481 e. The summed E-state index contributed by atoms with van der Waals surface area (Å²) in [4.78, 5) is 21.1. The molecule has 0 unspecified atom stereocenters. The number of carboxylic acid groups (broad SMARTS) is 1. The van der Waals surface area contributed by atoms with Gasteiger partial charge in [0, 0.05) is 30.3 Å². The van der Waals surface area contributed by atoms with Gasteiger partial charge >= 0.3 is 12.6 Å². The number of halogens is 2. The van der Waals surface area contributed by atoms with Gasteiger partial charge < -0.3 is 15.2 Å². The molecule has 132 valence electrons. The van der Waals surface area contributed by atoms with Crippen LogP contribution in [0.3, 0.4) is 0 Å². The smallest absolute Gasteiger partial charge is 0.387 e. The number of non-ortho nitro benzene ring substituents is 1. The van der Waals surface area contributed by atoms with E-state index < -0.39 is 17.5 Å². The number of nitro groups is 1. The number of nitrogens with zero attached hydrogens (tertiary/aromatic N) is 1. The van der Waals surface area contributed by atoms with Crippen LogP contribution < -0.4 is 10.1 Å². The SMILES string of the molecule is O=C(O)C1CCC(NCc2cc([N+](=O)[O-])ccc2OC(F)F)CC1. The third kappa shape index (κ3) is 4.85. The maximum absolute atomic E-state index is 12.4. The number of rotatable bonds is 7. The van der Waals surface area contributed by atoms with Crippen molar-refractivity contribution in [3.63, 3.8) is 0 Å². The zero-order valence-electron chi connectivity index (χ0n) is 12.8. The average Bonchev–Trinajstić information content (AvgIpc) is 2.53. The Hall–Kier alpha value is -2.29. The van der Waals surface area contributed by atoms with Gasteiger partial charge in [-0.2, -0.15) is 8.78 Å². The van der Waals surface area contributed by atoms with Crippen molar-refractivity contribution in [2.24, 2.45) is 5.92 Å². The fourth-order valence-electron chi connectivity index (χ4n) is 2.83. The van der Waals surface area contributed by atoms with Gasteiger partial charge in [-0.3, -0.25) is 14.9 Å². The average molecular weight is 344 g/mol. The molecule has 2 rings (SSSR count). The molecule has 7 nitrogen and oxygen atoms in total.